The van der Waals surface area contributed by atoms with Gasteiger partial charge in [-0.15, -0.1) is 11.8 Å². The highest BCUT2D eigenvalue weighted by atomic mass is 32.2. The van der Waals surface area contributed by atoms with E-state index >= 15 is 0 Å². The Bertz CT molecular complexity index is 927. The molecule has 5 unspecified atom stereocenters. The van der Waals surface area contributed by atoms with Crippen LogP contribution in [0, 0.1) is 5.92 Å². The van der Waals surface area contributed by atoms with E-state index in [2.05, 4.69) is 10.6 Å². The molecule has 2 fully saturated rings. The Labute approximate surface area is 185 Å². The zero-order valence-corrected chi connectivity index (χ0v) is 18.2. The lowest BCUT2D eigenvalue weighted by Gasteiger charge is -2.41. The molecule has 158 valence electrons. The second kappa shape index (κ2) is 8.93. The number of thioether (sulfide) groups is 1. The molecule has 5 atom stereocenters. The number of hydrogen-bond donors (Lipinski definition) is 4. The lowest BCUT2D eigenvalue weighted by Crippen LogP contribution is -2.60. The van der Waals surface area contributed by atoms with E-state index in [1.54, 1.807) is 11.8 Å². The number of amides is 1. The van der Waals surface area contributed by atoms with Crippen molar-refractivity contribution in [3.63, 3.8) is 0 Å². The van der Waals surface area contributed by atoms with E-state index in [4.69, 9.17) is 12.2 Å². The van der Waals surface area contributed by atoms with E-state index in [0.29, 0.717) is 11.7 Å². The molecule has 1 aliphatic carbocycles. The standard InChI is InChI=1S/C22H25N3O3S2/c1-30-15-9-5-8-14(10-15)25-19-16(11-17(26)20(27)18(19)24-22(25)29)21(28)23-12-13-6-3-2-4-7-13/h2-10,16-20,26-27H,11-12H2,1H3,(H,23,28)(H,24,29). The number of thiocarbonyl (C=S) groups is 1. The van der Waals surface area contributed by atoms with E-state index in [1.165, 1.54) is 0 Å². The fraction of sp³-hybridized carbons (Fsp3) is 0.364. The SMILES string of the molecule is CSc1cccc(N2C(=S)NC3C(O)C(O)CC(C(=O)NCc4ccccc4)C32)c1. The van der Waals surface area contributed by atoms with Crippen LogP contribution >= 0.6 is 24.0 Å². The molecule has 8 heteroatoms. The van der Waals surface area contributed by atoms with Crippen LogP contribution in [0.4, 0.5) is 5.69 Å². The Morgan fingerprint density at radius 2 is 2.00 bits per heavy atom. The van der Waals surface area contributed by atoms with Gasteiger partial charge in [0.15, 0.2) is 5.11 Å². The maximum Gasteiger partial charge on any atom is 0.225 e. The molecule has 4 N–H and O–H groups in total. The van der Waals surface area contributed by atoms with Gasteiger partial charge < -0.3 is 25.7 Å². The van der Waals surface area contributed by atoms with Crippen molar-refractivity contribution in [2.45, 2.75) is 42.2 Å². The number of benzene rings is 2. The fourth-order valence-electron chi connectivity index (χ4n) is 4.32. The molecule has 1 amide bonds. The van der Waals surface area contributed by atoms with E-state index in [-0.39, 0.29) is 18.4 Å². The van der Waals surface area contributed by atoms with Gasteiger partial charge in [-0.25, -0.2) is 0 Å². The second-order valence-corrected chi connectivity index (χ2v) is 8.91. The Morgan fingerprint density at radius 3 is 2.73 bits per heavy atom. The van der Waals surface area contributed by atoms with Crippen molar-refractivity contribution in [1.29, 1.82) is 0 Å². The molecule has 1 saturated carbocycles. The van der Waals surface area contributed by atoms with E-state index in [1.807, 2.05) is 65.8 Å². The number of carbonyl (C=O) groups excluding carboxylic acids is 1. The third kappa shape index (κ3) is 4.05. The van der Waals surface area contributed by atoms with Crippen molar-refractivity contribution >= 4 is 40.7 Å². The Morgan fingerprint density at radius 1 is 1.23 bits per heavy atom. The summed E-state index contributed by atoms with van der Waals surface area (Å²) in [5.41, 5.74) is 1.87. The number of aliphatic hydroxyl groups is 2. The van der Waals surface area contributed by atoms with Crippen LogP contribution in [0.3, 0.4) is 0 Å². The molecule has 1 saturated heterocycles. The van der Waals surface area contributed by atoms with Crippen LogP contribution < -0.4 is 15.5 Å². The predicted octanol–water partition coefficient (Wildman–Crippen LogP) is 1.90. The number of rotatable bonds is 5. The molecular formula is C22H25N3O3S2. The number of nitrogens with one attached hydrogen (secondary N) is 2. The lowest BCUT2D eigenvalue weighted by molar-refractivity contribution is -0.131. The topological polar surface area (TPSA) is 84.8 Å². The van der Waals surface area contributed by atoms with Gasteiger partial charge in [-0.3, -0.25) is 4.79 Å². The molecule has 6 nitrogen and oxygen atoms in total. The van der Waals surface area contributed by atoms with Crippen molar-refractivity contribution in [1.82, 2.24) is 10.6 Å². The predicted molar refractivity (Wildman–Crippen MR) is 122 cm³/mol. The van der Waals surface area contributed by atoms with Crippen LogP contribution in [0.25, 0.3) is 0 Å². The Balaban J connectivity index is 1.61. The zero-order valence-electron chi connectivity index (χ0n) is 16.6. The quantitative estimate of drug-likeness (QED) is 0.415. The summed E-state index contributed by atoms with van der Waals surface area (Å²) in [5, 5.41) is 27.6. The van der Waals surface area contributed by atoms with Crippen molar-refractivity contribution in [3.8, 4) is 0 Å². The molecule has 1 aliphatic heterocycles. The smallest absolute Gasteiger partial charge is 0.225 e. The zero-order chi connectivity index (χ0) is 21.3. The number of nitrogens with zero attached hydrogens (tertiary/aromatic N) is 1. The molecule has 2 aliphatic rings. The van der Waals surface area contributed by atoms with Crippen molar-refractivity contribution < 1.29 is 15.0 Å². The van der Waals surface area contributed by atoms with Gasteiger partial charge in [0.1, 0.15) is 6.10 Å². The molecule has 0 aromatic heterocycles. The first-order chi connectivity index (χ1) is 14.5. The van der Waals surface area contributed by atoms with Gasteiger partial charge >= 0.3 is 0 Å². The number of carbonyl (C=O) groups is 1. The normalized spacial score (nSPS) is 28.0. The van der Waals surface area contributed by atoms with Crippen LogP contribution in [0.2, 0.25) is 0 Å². The summed E-state index contributed by atoms with van der Waals surface area (Å²) in [7, 11) is 0. The van der Waals surface area contributed by atoms with Gasteiger partial charge in [-0.1, -0.05) is 36.4 Å². The highest BCUT2D eigenvalue weighted by molar-refractivity contribution is 7.98. The number of aliphatic hydroxyl groups excluding tert-OH is 2. The maximum atomic E-state index is 13.2. The summed E-state index contributed by atoms with van der Waals surface area (Å²) in [6.45, 7) is 0.409. The van der Waals surface area contributed by atoms with Gasteiger partial charge in [0.25, 0.3) is 0 Å². The van der Waals surface area contributed by atoms with E-state index in [0.717, 1.165) is 16.1 Å². The summed E-state index contributed by atoms with van der Waals surface area (Å²) < 4.78 is 0. The third-order valence-electron chi connectivity index (χ3n) is 5.82. The minimum absolute atomic E-state index is 0.155. The first-order valence-corrected chi connectivity index (χ1v) is 11.5. The Hall–Kier alpha value is -2.13. The average molecular weight is 444 g/mol. The van der Waals surface area contributed by atoms with Gasteiger partial charge in [-0.2, -0.15) is 0 Å². The molecule has 30 heavy (non-hydrogen) atoms. The summed E-state index contributed by atoms with van der Waals surface area (Å²) >= 11 is 7.20. The summed E-state index contributed by atoms with van der Waals surface area (Å²) in [6.07, 6.45) is 0.181. The summed E-state index contributed by atoms with van der Waals surface area (Å²) in [5.74, 6) is -0.680. The fourth-order valence-corrected chi connectivity index (χ4v) is 5.13. The molecule has 0 bridgehead atoms. The number of anilines is 1. The number of fused-ring (bicyclic) bond motifs is 1. The van der Waals surface area contributed by atoms with E-state index < -0.39 is 24.2 Å². The largest absolute Gasteiger partial charge is 0.390 e. The first-order valence-electron chi connectivity index (χ1n) is 9.91. The first kappa shape index (κ1) is 21.1. The molecule has 2 aromatic rings. The van der Waals surface area contributed by atoms with Gasteiger partial charge in [0.05, 0.1) is 24.1 Å². The van der Waals surface area contributed by atoms with Gasteiger partial charge in [-0.05, 0) is 48.7 Å². The van der Waals surface area contributed by atoms with Gasteiger partial charge in [0.2, 0.25) is 5.91 Å². The number of hydrogen-bond acceptors (Lipinski definition) is 5. The highest BCUT2D eigenvalue weighted by Gasteiger charge is 2.53. The molecule has 2 aromatic carbocycles. The highest BCUT2D eigenvalue weighted by Crippen LogP contribution is 2.37. The van der Waals surface area contributed by atoms with E-state index in [9.17, 15) is 15.0 Å². The minimum Gasteiger partial charge on any atom is -0.390 e. The lowest BCUT2D eigenvalue weighted by atomic mass is 9.77. The van der Waals surface area contributed by atoms with Crippen LogP contribution in [0.15, 0.2) is 59.5 Å². The summed E-state index contributed by atoms with van der Waals surface area (Å²) in [4.78, 5) is 16.2. The monoisotopic (exact) mass is 443 g/mol. The Kier molecular flexibility index (Phi) is 6.29. The van der Waals surface area contributed by atoms with Crippen molar-refractivity contribution in [2.75, 3.05) is 11.2 Å². The average Bonchev–Trinajstić information content (AvgIpc) is 3.12. The third-order valence-corrected chi connectivity index (χ3v) is 6.86. The van der Waals surface area contributed by atoms with Gasteiger partial charge in [0, 0.05) is 17.1 Å². The minimum atomic E-state index is -1.00. The second-order valence-electron chi connectivity index (χ2n) is 7.64. The van der Waals surface area contributed by atoms with Crippen molar-refractivity contribution in [2.24, 2.45) is 5.92 Å². The van der Waals surface area contributed by atoms with Crippen molar-refractivity contribution in [3.05, 3.63) is 60.2 Å². The van der Waals surface area contributed by atoms with Crippen LogP contribution in [0.1, 0.15) is 12.0 Å². The molecular weight excluding hydrogens is 418 g/mol. The molecule has 4 rings (SSSR count). The molecule has 0 spiro atoms. The molecule has 0 radical (unpaired) electrons. The van der Waals surface area contributed by atoms with Crippen LogP contribution in [-0.2, 0) is 11.3 Å². The molecule has 1 heterocycles. The maximum absolute atomic E-state index is 13.2. The van der Waals surface area contributed by atoms with Crippen LogP contribution in [0.5, 0.6) is 0 Å². The van der Waals surface area contributed by atoms with Crippen LogP contribution in [-0.4, -0.2) is 51.8 Å². The summed E-state index contributed by atoms with van der Waals surface area (Å²) in [6, 6.07) is 16.7.